The summed E-state index contributed by atoms with van der Waals surface area (Å²) in [6.07, 6.45) is 7.06. The van der Waals surface area contributed by atoms with Crippen LogP contribution in [0, 0.1) is 11.8 Å². The molecule has 4 nitrogen and oxygen atoms in total. The molecule has 0 aromatic heterocycles. The third-order valence-electron chi connectivity index (χ3n) is 3.03. The van der Waals surface area contributed by atoms with Gasteiger partial charge in [-0.05, 0) is 38.3 Å². The summed E-state index contributed by atoms with van der Waals surface area (Å²) in [7, 11) is 0. The van der Waals surface area contributed by atoms with E-state index in [4.69, 9.17) is 5.11 Å². The molecule has 16 heavy (non-hydrogen) atoms. The van der Waals surface area contributed by atoms with Gasteiger partial charge in [-0.3, -0.25) is 9.59 Å². The van der Waals surface area contributed by atoms with Crippen LogP contribution in [0.15, 0.2) is 12.3 Å². The Labute approximate surface area is 95.7 Å². The molecule has 0 radical (unpaired) electrons. The van der Waals surface area contributed by atoms with E-state index in [1.54, 1.807) is 6.20 Å². The lowest BCUT2D eigenvalue weighted by Gasteiger charge is -2.24. The van der Waals surface area contributed by atoms with Gasteiger partial charge in [0.1, 0.15) is 0 Å². The molecule has 0 saturated heterocycles. The first kappa shape index (κ1) is 12.7. The summed E-state index contributed by atoms with van der Waals surface area (Å²) in [6, 6.07) is 0. The predicted molar refractivity (Wildman–Crippen MR) is 60.7 cm³/mol. The number of carboxylic acids is 1. The largest absolute Gasteiger partial charge is 0.481 e. The van der Waals surface area contributed by atoms with Crippen LogP contribution in [0.5, 0.6) is 0 Å². The lowest BCUT2D eigenvalue weighted by Crippen LogP contribution is -2.31. The first-order chi connectivity index (χ1) is 7.65. The molecule has 0 unspecified atom stereocenters. The number of hydrogen-bond donors (Lipinski definition) is 2. The topological polar surface area (TPSA) is 66.4 Å². The maximum Gasteiger partial charge on any atom is 0.306 e. The van der Waals surface area contributed by atoms with Gasteiger partial charge in [0.05, 0.1) is 5.92 Å². The van der Waals surface area contributed by atoms with Gasteiger partial charge in [-0.15, -0.1) is 0 Å². The minimum absolute atomic E-state index is 0.0166. The van der Waals surface area contributed by atoms with Crippen molar-refractivity contribution in [2.75, 3.05) is 0 Å². The standard InChI is InChI=1S/C12H19NO3/c1-2-3-8-13-11(14)9-4-6-10(7-5-9)12(15)16/h3,8-10H,2,4-7H2,1H3,(H,13,14)(H,15,16). The highest BCUT2D eigenvalue weighted by molar-refractivity contribution is 5.80. The number of rotatable bonds is 4. The molecule has 0 aliphatic heterocycles. The summed E-state index contributed by atoms with van der Waals surface area (Å²) < 4.78 is 0. The van der Waals surface area contributed by atoms with Crippen molar-refractivity contribution >= 4 is 11.9 Å². The lowest BCUT2D eigenvalue weighted by atomic mass is 9.81. The molecule has 0 heterocycles. The summed E-state index contributed by atoms with van der Waals surface area (Å²) in [5.74, 6) is -0.981. The Balaban J connectivity index is 2.33. The number of carbonyl (C=O) groups excluding carboxylic acids is 1. The molecule has 1 rings (SSSR count). The molecule has 1 aliphatic rings. The fourth-order valence-electron chi connectivity index (χ4n) is 1.98. The monoisotopic (exact) mass is 225 g/mol. The van der Waals surface area contributed by atoms with Crippen LogP contribution in [0.4, 0.5) is 0 Å². The second kappa shape index (κ2) is 6.30. The van der Waals surface area contributed by atoms with Gasteiger partial charge in [-0.2, -0.15) is 0 Å². The molecule has 0 spiro atoms. The quantitative estimate of drug-likeness (QED) is 0.768. The summed E-state index contributed by atoms with van der Waals surface area (Å²) in [6.45, 7) is 2.00. The Bertz CT molecular complexity index is 278. The number of carbonyl (C=O) groups is 2. The first-order valence-corrected chi connectivity index (χ1v) is 5.83. The van der Waals surface area contributed by atoms with Gasteiger partial charge < -0.3 is 10.4 Å². The van der Waals surface area contributed by atoms with Crippen molar-refractivity contribution in [2.45, 2.75) is 39.0 Å². The van der Waals surface area contributed by atoms with E-state index in [2.05, 4.69) is 5.32 Å². The summed E-state index contributed by atoms with van der Waals surface area (Å²) >= 11 is 0. The molecule has 0 aromatic carbocycles. The van der Waals surface area contributed by atoms with Crippen LogP contribution >= 0.6 is 0 Å². The van der Waals surface area contributed by atoms with Gasteiger partial charge in [0, 0.05) is 5.92 Å². The van der Waals surface area contributed by atoms with Gasteiger partial charge in [0.2, 0.25) is 5.91 Å². The van der Waals surface area contributed by atoms with E-state index in [1.165, 1.54) is 0 Å². The molecule has 1 saturated carbocycles. The Morgan fingerprint density at radius 2 is 1.81 bits per heavy atom. The van der Waals surface area contributed by atoms with E-state index < -0.39 is 5.97 Å². The number of amides is 1. The Morgan fingerprint density at radius 3 is 2.31 bits per heavy atom. The van der Waals surface area contributed by atoms with Crippen molar-refractivity contribution in [3.8, 4) is 0 Å². The highest BCUT2D eigenvalue weighted by Gasteiger charge is 2.29. The fraction of sp³-hybridized carbons (Fsp3) is 0.667. The average Bonchev–Trinajstić information content (AvgIpc) is 2.29. The lowest BCUT2D eigenvalue weighted by molar-refractivity contribution is -0.144. The van der Waals surface area contributed by atoms with Crippen LogP contribution in [0.2, 0.25) is 0 Å². The SMILES string of the molecule is CCC=CNC(=O)C1CCC(C(=O)O)CC1. The number of aliphatic carboxylic acids is 1. The van der Waals surface area contributed by atoms with E-state index in [9.17, 15) is 9.59 Å². The number of hydrogen-bond acceptors (Lipinski definition) is 2. The predicted octanol–water partition coefficient (Wildman–Crippen LogP) is 1.92. The van der Waals surface area contributed by atoms with Crippen LogP contribution in [0.3, 0.4) is 0 Å². The Hall–Kier alpha value is -1.32. The van der Waals surface area contributed by atoms with E-state index in [0.717, 1.165) is 6.42 Å². The van der Waals surface area contributed by atoms with Gasteiger partial charge in [0.25, 0.3) is 0 Å². The fourth-order valence-corrected chi connectivity index (χ4v) is 1.98. The molecule has 1 fully saturated rings. The molecule has 4 heteroatoms. The Kier molecular flexibility index (Phi) is 5.02. The molecule has 1 aliphatic carbocycles. The second-order valence-electron chi connectivity index (χ2n) is 4.21. The van der Waals surface area contributed by atoms with Crippen molar-refractivity contribution < 1.29 is 14.7 Å². The van der Waals surface area contributed by atoms with Crippen LogP contribution in [0.1, 0.15) is 39.0 Å². The zero-order valence-electron chi connectivity index (χ0n) is 9.61. The van der Waals surface area contributed by atoms with E-state index in [-0.39, 0.29) is 17.7 Å². The Morgan fingerprint density at radius 1 is 1.25 bits per heavy atom. The van der Waals surface area contributed by atoms with E-state index in [0.29, 0.717) is 25.7 Å². The van der Waals surface area contributed by atoms with Crippen LogP contribution in [-0.4, -0.2) is 17.0 Å². The summed E-state index contributed by atoms with van der Waals surface area (Å²) in [4.78, 5) is 22.4. The van der Waals surface area contributed by atoms with Crippen LogP contribution in [0.25, 0.3) is 0 Å². The number of carboxylic acid groups (broad SMARTS) is 1. The summed E-state index contributed by atoms with van der Waals surface area (Å²) in [5, 5.41) is 11.6. The maximum absolute atomic E-state index is 11.6. The molecule has 1 amide bonds. The van der Waals surface area contributed by atoms with Crippen molar-refractivity contribution in [1.29, 1.82) is 0 Å². The molecule has 0 aromatic rings. The van der Waals surface area contributed by atoms with Crippen LogP contribution < -0.4 is 5.32 Å². The van der Waals surface area contributed by atoms with Crippen molar-refractivity contribution in [1.82, 2.24) is 5.32 Å². The second-order valence-corrected chi connectivity index (χ2v) is 4.21. The minimum atomic E-state index is -0.732. The van der Waals surface area contributed by atoms with E-state index in [1.807, 2.05) is 13.0 Å². The number of allylic oxidation sites excluding steroid dienone is 1. The van der Waals surface area contributed by atoms with Gasteiger partial charge >= 0.3 is 5.97 Å². The van der Waals surface area contributed by atoms with Crippen molar-refractivity contribution in [2.24, 2.45) is 11.8 Å². The molecule has 0 bridgehead atoms. The molecule has 2 N–H and O–H groups in total. The highest BCUT2D eigenvalue weighted by Crippen LogP contribution is 2.28. The number of nitrogens with one attached hydrogen (secondary N) is 1. The van der Waals surface area contributed by atoms with Crippen molar-refractivity contribution in [3.05, 3.63) is 12.3 Å². The average molecular weight is 225 g/mol. The maximum atomic E-state index is 11.6. The van der Waals surface area contributed by atoms with Gasteiger partial charge in [0.15, 0.2) is 0 Å². The van der Waals surface area contributed by atoms with E-state index >= 15 is 0 Å². The molecule has 90 valence electrons. The third kappa shape index (κ3) is 3.68. The molecular formula is C12H19NO3. The van der Waals surface area contributed by atoms with Crippen LogP contribution in [-0.2, 0) is 9.59 Å². The zero-order valence-corrected chi connectivity index (χ0v) is 9.61. The first-order valence-electron chi connectivity index (χ1n) is 5.83. The smallest absolute Gasteiger partial charge is 0.306 e. The highest BCUT2D eigenvalue weighted by atomic mass is 16.4. The third-order valence-corrected chi connectivity index (χ3v) is 3.03. The zero-order chi connectivity index (χ0) is 12.0. The minimum Gasteiger partial charge on any atom is -0.481 e. The molecule has 0 atom stereocenters. The molecular weight excluding hydrogens is 206 g/mol. The summed E-state index contributed by atoms with van der Waals surface area (Å²) in [5.41, 5.74) is 0. The van der Waals surface area contributed by atoms with Crippen molar-refractivity contribution in [3.63, 3.8) is 0 Å². The normalized spacial score (nSPS) is 25.6. The van der Waals surface area contributed by atoms with Gasteiger partial charge in [-0.25, -0.2) is 0 Å². The van der Waals surface area contributed by atoms with Gasteiger partial charge in [-0.1, -0.05) is 13.0 Å².